The molecule has 0 spiro atoms. The maximum Gasteiger partial charge on any atom is 0.358 e. The van der Waals surface area contributed by atoms with E-state index >= 15 is 0 Å². The molecule has 0 aliphatic rings. The van der Waals surface area contributed by atoms with Crippen molar-refractivity contribution in [3.8, 4) is 5.75 Å². The Labute approximate surface area is 104 Å². The van der Waals surface area contributed by atoms with Crippen molar-refractivity contribution in [3.63, 3.8) is 0 Å². The topological polar surface area (TPSA) is 72.6 Å². The molecule has 5 heteroatoms. The summed E-state index contributed by atoms with van der Waals surface area (Å²) in [6.07, 6.45) is 0. The Kier molecular flexibility index (Phi) is 3.32. The SMILES string of the molecule is Cc1cccc(C)c1OCc1cc(C(=O)O)no1. The van der Waals surface area contributed by atoms with Crippen LogP contribution in [0.2, 0.25) is 0 Å². The summed E-state index contributed by atoms with van der Waals surface area (Å²) >= 11 is 0. The Bertz CT molecular complexity index is 554. The highest BCUT2D eigenvalue weighted by Crippen LogP contribution is 2.23. The standard InChI is InChI=1S/C13H13NO4/c1-8-4-3-5-9(2)12(8)17-7-10-6-11(13(15)16)14-18-10/h3-6H,7H2,1-2H3,(H,15,16). The fraction of sp³-hybridized carbons (Fsp3) is 0.231. The molecule has 0 saturated carbocycles. The normalized spacial score (nSPS) is 10.3. The van der Waals surface area contributed by atoms with Gasteiger partial charge in [0, 0.05) is 6.07 Å². The second-order valence-electron chi connectivity index (χ2n) is 3.99. The molecule has 0 radical (unpaired) electrons. The molecule has 1 N–H and O–H groups in total. The zero-order chi connectivity index (χ0) is 13.1. The van der Waals surface area contributed by atoms with Crippen LogP contribution in [-0.2, 0) is 6.61 Å². The van der Waals surface area contributed by atoms with Crippen molar-refractivity contribution < 1.29 is 19.2 Å². The lowest BCUT2D eigenvalue weighted by Crippen LogP contribution is -1.98. The number of rotatable bonds is 4. The average Bonchev–Trinajstić information content (AvgIpc) is 2.77. The first kappa shape index (κ1) is 12.2. The van der Waals surface area contributed by atoms with Crippen molar-refractivity contribution in [2.45, 2.75) is 20.5 Å². The molecule has 0 amide bonds. The Morgan fingerprint density at radius 2 is 2.06 bits per heavy atom. The van der Waals surface area contributed by atoms with Crippen molar-refractivity contribution >= 4 is 5.97 Å². The third kappa shape index (κ3) is 2.51. The van der Waals surface area contributed by atoms with Gasteiger partial charge < -0.3 is 14.4 Å². The lowest BCUT2D eigenvalue weighted by Gasteiger charge is -2.09. The Morgan fingerprint density at radius 1 is 1.39 bits per heavy atom. The van der Waals surface area contributed by atoms with E-state index in [0.29, 0.717) is 5.76 Å². The number of aromatic carboxylic acids is 1. The van der Waals surface area contributed by atoms with Gasteiger partial charge in [-0.05, 0) is 25.0 Å². The fourth-order valence-electron chi connectivity index (χ4n) is 1.65. The van der Waals surface area contributed by atoms with Gasteiger partial charge in [-0.25, -0.2) is 4.79 Å². The molecule has 94 valence electrons. The Hall–Kier alpha value is -2.30. The van der Waals surface area contributed by atoms with Gasteiger partial charge in [-0.2, -0.15) is 0 Å². The van der Waals surface area contributed by atoms with Crippen LogP contribution in [0.25, 0.3) is 0 Å². The lowest BCUT2D eigenvalue weighted by atomic mass is 10.1. The van der Waals surface area contributed by atoms with Crippen LogP contribution < -0.4 is 4.74 Å². The van der Waals surface area contributed by atoms with E-state index in [0.717, 1.165) is 16.9 Å². The van der Waals surface area contributed by atoms with Gasteiger partial charge in [0.25, 0.3) is 0 Å². The van der Waals surface area contributed by atoms with E-state index in [1.807, 2.05) is 32.0 Å². The number of benzene rings is 1. The first-order valence-corrected chi connectivity index (χ1v) is 5.46. The van der Waals surface area contributed by atoms with Crippen LogP contribution in [0.15, 0.2) is 28.8 Å². The number of ether oxygens (including phenoxy) is 1. The van der Waals surface area contributed by atoms with Crippen LogP contribution in [0.1, 0.15) is 27.4 Å². The molecule has 2 rings (SSSR count). The van der Waals surface area contributed by atoms with E-state index in [2.05, 4.69) is 5.16 Å². The Morgan fingerprint density at radius 3 is 2.61 bits per heavy atom. The van der Waals surface area contributed by atoms with Gasteiger partial charge in [0.1, 0.15) is 12.4 Å². The minimum Gasteiger partial charge on any atom is -0.485 e. The fourth-order valence-corrected chi connectivity index (χ4v) is 1.65. The van der Waals surface area contributed by atoms with E-state index in [9.17, 15) is 4.79 Å². The molecule has 0 saturated heterocycles. The predicted molar refractivity (Wildman–Crippen MR) is 63.7 cm³/mol. The van der Waals surface area contributed by atoms with Crippen molar-refractivity contribution in [2.75, 3.05) is 0 Å². The Balaban J connectivity index is 2.09. The van der Waals surface area contributed by atoms with Crippen molar-refractivity contribution in [2.24, 2.45) is 0 Å². The molecular weight excluding hydrogens is 234 g/mol. The van der Waals surface area contributed by atoms with Crippen LogP contribution in [0.3, 0.4) is 0 Å². The van der Waals surface area contributed by atoms with Gasteiger partial charge >= 0.3 is 5.97 Å². The molecule has 0 aliphatic heterocycles. The van der Waals surface area contributed by atoms with E-state index in [1.54, 1.807) is 0 Å². The van der Waals surface area contributed by atoms with Gasteiger partial charge in [-0.1, -0.05) is 23.4 Å². The summed E-state index contributed by atoms with van der Waals surface area (Å²) in [6, 6.07) is 7.21. The number of hydrogen-bond donors (Lipinski definition) is 1. The molecule has 2 aromatic rings. The minimum atomic E-state index is -1.11. The van der Waals surface area contributed by atoms with Crippen LogP contribution >= 0.6 is 0 Å². The second kappa shape index (κ2) is 4.91. The van der Waals surface area contributed by atoms with Crippen LogP contribution in [-0.4, -0.2) is 16.2 Å². The molecule has 0 unspecified atom stereocenters. The molecule has 18 heavy (non-hydrogen) atoms. The molecule has 1 aromatic heterocycles. The number of aromatic nitrogens is 1. The highest BCUT2D eigenvalue weighted by atomic mass is 16.5. The highest BCUT2D eigenvalue weighted by molar-refractivity contribution is 5.85. The van der Waals surface area contributed by atoms with Crippen LogP contribution in [0.5, 0.6) is 5.75 Å². The van der Waals surface area contributed by atoms with Gasteiger partial charge in [-0.3, -0.25) is 0 Å². The van der Waals surface area contributed by atoms with E-state index < -0.39 is 5.97 Å². The predicted octanol–water partition coefficient (Wildman–Crippen LogP) is 2.57. The van der Waals surface area contributed by atoms with Gasteiger partial charge in [-0.15, -0.1) is 0 Å². The largest absolute Gasteiger partial charge is 0.485 e. The van der Waals surface area contributed by atoms with Crippen molar-refractivity contribution in [1.82, 2.24) is 5.16 Å². The average molecular weight is 247 g/mol. The highest BCUT2D eigenvalue weighted by Gasteiger charge is 2.11. The van der Waals surface area contributed by atoms with E-state index in [1.165, 1.54) is 6.07 Å². The van der Waals surface area contributed by atoms with Gasteiger partial charge in [0.2, 0.25) is 0 Å². The summed E-state index contributed by atoms with van der Waals surface area (Å²) in [5.41, 5.74) is 1.93. The number of carboxylic acids is 1. The first-order chi connectivity index (χ1) is 8.58. The smallest absolute Gasteiger partial charge is 0.358 e. The summed E-state index contributed by atoms with van der Waals surface area (Å²) in [7, 11) is 0. The maximum atomic E-state index is 10.6. The monoisotopic (exact) mass is 247 g/mol. The number of hydrogen-bond acceptors (Lipinski definition) is 4. The molecule has 1 aromatic carbocycles. The number of aryl methyl sites for hydroxylation is 2. The second-order valence-corrected chi connectivity index (χ2v) is 3.99. The summed E-state index contributed by atoms with van der Waals surface area (Å²) in [6.45, 7) is 4.06. The zero-order valence-electron chi connectivity index (χ0n) is 10.1. The lowest BCUT2D eigenvalue weighted by molar-refractivity contribution is 0.0685. The van der Waals surface area contributed by atoms with Crippen LogP contribution in [0.4, 0.5) is 0 Å². The summed E-state index contributed by atoms with van der Waals surface area (Å²) in [4.78, 5) is 10.6. The van der Waals surface area contributed by atoms with Gasteiger partial charge in [0.05, 0.1) is 0 Å². The van der Waals surface area contributed by atoms with E-state index in [-0.39, 0.29) is 12.3 Å². The third-order valence-corrected chi connectivity index (χ3v) is 2.55. The third-order valence-electron chi connectivity index (χ3n) is 2.55. The number of carboxylic acid groups (broad SMARTS) is 1. The number of nitrogens with zero attached hydrogens (tertiary/aromatic N) is 1. The van der Waals surface area contributed by atoms with E-state index in [4.69, 9.17) is 14.4 Å². The number of carbonyl (C=O) groups is 1. The molecule has 0 atom stereocenters. The van der Waals surface area contributed by atoms with Crippen LogP contribution in [0, 0.1) is 13.8 Å². The summed E-state index contributed by atoms with van der Waals surface area (Å²) < 4.78 is 10.5. The molecule has 0 bridgehead atoms. The molecule has 1 heterocycles. The summed E-state index contributed by atoms with van der Waals surface area (Å²) in [5, 5.41) is 12.1. The first-order valence-electron chi connectivity index (χ1n) is 5.46. The molecular formula is C13H13NO4. The minimum absolute atomic E-state index is 0.116. The summed E-state index contributed by atoms with van der Waals surface area (Å²) in [5.74, 6) is 0.0536. The quantitative estimate of drug-likeness (QED) is 0.898. The van der Waals surface area contributed by atoms with Crippen molar-refractivity contribution in [1.29, 1.82) is 0 Å². The van der Waals surface area contributed by atoms with Gasteiger partial charge in [0.15, 0.2) is 11.5 Å². The van der Waals surface area contributed by atoms with Crippen molar-refractivity contribution in [3.05, 3.63) is 46.8 Å². The molecule has 5 nitrogen and oxygen atoms in total. The molecule has 0 aliphatic carbocycles. The maximum absolute atomic E-state index is 10.6. The molecule has 0 fully saturated rings. The zero-order valence-corrected chi connectivity index (χ0v) is 10.1. The number of para-hydroxylation sites is 1.